The molecule has 0 unspecified atom stereocenters. The van der Waals surface area contributed by atoms with Gasteiger partial charge in [0.15, 0.2) is 0 Å². The largest absolute Gasteiger partial charge is 0.341 e. The number of likely N-dealkylation sites (tertiary alicyclic amines) is 1. The van der Waals surface area contributed by atoms with E-state index in [1.807, 2.05) is 30.5 Å². The summed E-state index contributed by atoms with van der Waals surface area (Å²) in [7, 11) is 0. The number of rotatable bonds is 3. The van der Waals surface area contributed by atoms with Crippen molar-refractivity contribution in [1.29, 1.82) is 0 Å². The second kappa shape index (κ2) is 7.17. The minimum atomic E-state index is 0.101. The van der Waals surface area contributed by atoms with Gasteiger partial charge in [0.2, 0.25) is 11.9 Å². The van der Waals surface area contributed by atoms with Crippen molar-refractivity contribution in [3.05, 3.63) is 48.5 Å². The number of piperidine rings is 1. The van der Waals surface area contributed by atoms with E-state index in [0.717, 1.165) is 57.0 Å². The number of hydrogen-bond donors (Lipinski definition) is 0. The average molecular weight is 337 g/mol. The predicted molar refractivity (Wildman–Crippen MR) is 94.9 cm³/mol. The molecule has 2 aromatic heterocycles. The molecular formula is C19H23N5O. The molecule has 4 rings (SSSR count). The van der Waals surface area contributed by atoms with Gasteiger partial charge in [0.25, 0.3) is 0 Å². The lowest BCUT2D eigenvalue weighted by molar-refractivity contribution is -0.137. The highest BCUT2D eigenvalue weighted by atomic mass is 16.2. The Morgan fingerprint density at radius 3 is 2.40 bits per heavy atom. The molecule has 1 amide bonds. The minimum Gasteiger partial charge on any atom is -0.341 e. The van der Waals surface area contributed by atoms with E-state index in [1.165, 1.54) is 0 Å². The van der Waals surface area contributed by atoms with Gasteiger partial charge in [-0.1, -0.05) is 6.07 Å². The second-order valence-electron chi connectivity index (χ2n) is 6.75. The summed E-state index contributed by atoms with van der Waals surface area (Å²) >= 11 is 0. The maximum Gasteiger partial charge on any atom is 0.226 e. The Kier molecular flexibility index (Phi) is 4.59. The van der Waals surface area contributed by atoms with Gasteiger partial charge >= 0.3 is 0 Å². The fourth-order valence-electron chi connectivity index (χ4n) is 3.93. The molecule has 2 aliphatic rings. The van der Waals surface area contributed by atoms with Crippen LogP contribution in [0.15, 0.2) is 42.9 Å². The van der Waals surface area contributed by atoms with E-state index < -0.39 is 0 Å². The van der Waals surface area contributed by atoms with Crippen molar-refractivity contribution in [1.82, 2.24) is 19.9 Å². The highest BCUT2D eigenvalue weighted by Crippen LogP contribution is 2.33. The normalized spacial score (nSPS) is 21.5. The molecule has 0 aromatic carbocycles. The molecule has 130 valence electrons. The number of pyridine rings is 1. The molecule has 6 nitrogen and oxygen atoms in total. The van der Waals surface area contributed by atoms with E-state index in [4.69, 9.17) is 0 Å². The highest BCUT2D eigenvalue weighted by molar-refractivity contribution is 5.80. The summed E-state index contributed by atoms with van der Waals surface area (Å²) in [6.45, 7) is 2.52. The van der Waals surface area contributed by atoms with E-state index in [0.29, 0.717) is 5.91 Å². The summed E-state index contributed by atoms with van der Waals surface area (Å²) < 4.78 is 0. The number of carbonyl (C=O) groups excluding carboxylic acids is 1. The summed E-state index contributed by atoms with van der Waals surface area (Å²) in [5.41, 5.74) is 1.02. The van der Waals surface area contributed by atoms with Crippen LogP contribution >= 0.6 is 0 Å². The molecule has 6 heteroatoms. The molecule has 2 saturated heterocycles. The smallest absolute Gasteiger partial charge is 0.226 e. The van der Waals surface area contributed by atoms with Gasteiger partial charge in [-0.05, 0) is 43.9 Å². The maximum atomic E-state index is 13.1. The zero-order chi connectivity index (χ0) is 17.1. The number of anilines is 1. The summed E-state index contributed by atoms with van der Waals surface area (Å²) in [6, 6.07) is 7.92. The van der Waals surface area contributed by atoms with Crippen molar-refractivity contribution < 1.29 is 4.79 Å². The van der Waals surface area contributed by atoms with Gasteiger partial charge in [-0.3, -0.25) is 9.78 Å². The van der Waals surface area contributed by atoms with Gasteiger partial charge in [-0.15, -0.1) is 0 Å². The van der Waals surface area contributed by atoms with Crippen LogP contribution in [0.5, 0.6) is 0 Å². The standard InChI is InChI=1S/C19H23N5O/c25-18(24-12-3-6-17(24)16-5-1-2-9-20-16)15-7-13-23(14-8-15)19-21-10-4-11-22-19/h1-2,4-5,9-11,15,17H,3,6-8,12-14H2/t17-/m0/s1. The number of aromatic nitrogens is 3. The topological polar surface area (TPSA) is 62.2 Å². The van der Waals surface area contributed by atoms with Gasteiger partial charge < -0.3 is 9.80 Å². The van der Waals surface area contributed by atoms with Gasteiger partial charge in [-0.2, -0.15) is 0 Å². The molecule has 0 aliphatic carbocycles. The fraction of sp³-hybridized carbons (Fsp3) is 0.474. The van der Waals surface area contributed by atoms with Crippen LogP contribution in [0.1, 0.15) is 37.4 Å². The third-order valence-corrected chi connectivity index (χ3v) is 5.24. The molecule has 0 spiro atoms. The van der Waals surface area contributed by atoms with Crippen molar-refractivity contribution in [2.75, 3.05) is 24.5 Å². The lowest BCUT2D eigenvalue weighted by Gasteiger charge is -2.34. The van der Waals surface area contributed by atoms with E-state index >= 15 is 0 Å². The summed E-state index contributed by atoms with van der Waals surface area (Å²) in [5.74, 6) is 1.16. The van der Waals surface area contributed by atoms with Gasteiger partial charge in [-0.25, -0.2) is 9.97 Å². The zero-order valence-electron chi connectivity index (χ0n) is 14.3. The number of amides is 1. The Labute approximate surface area is 147 Å². The second-order valence-corrected chi connectivity index (χ2v) is 6.75. The van der Waals surface area contributed by atoms with E-state index in [-0.39, 0.29) is 12.0 Å². The minimum absolute atomic E-state index is 0.101. The SMILES string of the molecule is O=C(C1CCN(c2ncccn2)CC1)N1CCC[C@H]1c1ccccn1. The lowest BCUT2D eigenvalue weighted by Crippen LogP contribution is -2.43. The van der Waals surface area contributed by atoms with Crippen LogP contribution in [-0.2, 0) is 4.79 Å². The van der Waals surface area contributed by atoms with Crippen LogP contribution in [0.25, 0.3) is 0 Å². The Morgan fingerprint density at radius 1 is 0.920 bits per heavy atom. The first-order valence-electron chi connectivity index (χ1n) is 9.06. The summed E-state index contributed by atoms with van der Waals surface area (Å²) in [6.07, 6.45) is 9.14. The van der Waals surface area contributed by atoms with Crippen LogP contribution in [0.4, 0.5) is 5.95 Å². The zero-order valence-corrected chi connectivity index (χ0v) is 14.3. The molecule has 25 heavy (non-hydrogen) atoms. The average Bonchev–Trinajstić information content (AvgIpc) is 3.19. The van der Waals surface area contributed by atoms with Crippen molar-refractivity contribution in [3.63, 3.8) is 0 Å². The van der Waals surface area contributed by atoms with Gasteiger partial charge in [0.05, 0.1) is 11.7 Å². The van der Waals surface area contributed by atoms with Crippen LogP contribution in [0.2, 0.25) is 0 Å². The van der Waals surface area contributed by atoms with Crippen molar-refractivity contribution in [3.8, 4) is 0 Å². The molecule has 0 N–H and O–H groups in total. The molecule has 2 aromatic rings. The number of carbonyl (C=O) groups is 1. The Morgan fingerprint density at radius 2 is 1.68 bits per heavy atom. The van der Waals surface area contributed by atoms with Crippen molar-refractivity contribution in [2.24, 2.45) is 5.92 Å². The first-order chi connectivity index (χ1) is 12.3. The van der Waals surface area contributed by atoms with E-state index in [9.17, 15) is 4.79 Å². The number of nitrogens with zero attached hydrogens (tertiary/aromatic N) is 5. The van der Waals surface area contributed by atoms with Gasteiger partial charge in [0, 0.05) is 44.1 Å². The molecule has 4 heterocycles. The number of hydrogen-bond acceptors (Lipinski definition) is 5. The predicted octanol–water partition coefficient (Wildman–Crippen LogP) is 2.45. The van der Waals surface area contributed by atoms with Crippen LogP contribution < -0.4 is 4.90 Å². The first kappa shape index (κ1) is 16.0. The van der Waals surface area contributed by atoms with E-state index in [2.05, 4.69) is 24.8 Å². The van der Waals surface area contributed by atoms with Crippen LogP contribution in [0, 0.1) is 5.92 Å². The summed E-state index contributed by atoms with van der Waals surface area (Å²) in [5, 5.41) is 0. The molecule has 0 bridgehead atoms. The Hall–Kier alpha value is -2.50. The monoisotopic (exact) mass is 337 g/mol. The molecule has 0 radical (unpaired) electrons. The quantitative estimate of drug-likeness (QED) is 0.861. The third kappa shape index (κ3) is 3.34. The summed E-state index contributed by atoms with van der Waals surface area (Å²) in [4.78, 5) is 30.4. The fourth-order valence-corrected chi connectivity index (χ4v) is 3.93. The first-order valence-corrected chi connectivity index (χ1v) is 9.06. The molecule has 2 fully saturated rings. The van der Waals surface area contributed by atoms with Crippen molar-refractivity contribution >= 4 is 11.9 Å². The Balaban J connectivity index is 1.40. The van der Waals surface area contributed by atoms with E-state index in [1.54, 1.807) is 12.4 Å². The molecule has 0 saturated carbocycles. The van der Waals surface area contributed by atoms with Crippen molar-refractivity contribution in [2.45, 2.75) is 31.7 Å². The maximum absolute atomic E-state index is 13.1. The van der Waals surface area contributed by atoms with Gasteiger partial charge in [0.1, 0.15) is 0 Å². The highest BCUT2D eigenvalue weighted by Gasteiger charge is 2.36. The molecular weight excluding hydrogens is 314 g/mol. The third-order valence-electron chi connectivity index (χ3n) is 5.24. The molecule has 2 aliphatic heterocycles. The molecule has 1 atom stereocenters. The Bertz CT molecular complexity index is 700. The van der Waals surface area contributed by atoms with Crippen LogP contribution in [-0.4, -0.2) is 45.4 Å². The lowest BCUT2D eigenvalue weighted by atomic mass is 9.95. The van der Waals surface area contributed by atoms with Crippen LogP contribution in [0.3, 0.4) is 0 Å².